The molecule has 2 aromatic heterocycles. The summed E-state index contributed by atoms with van der Waals surface area (Å²) in [6, 6.07) is 18.1. The van der Waals surface area contributed by atoms with Crippen molar-refractivity contribution in [2.75, 3.05) is 31.2 Å². The summed E-state index contributed by atoms with van der Waals surface area (Å²) >= 11 is 1.44. The third-order valence-corrected chi connectivity index (χ3v) is 5.92. The van der Waals surface area contributed by atoms with Crippen LogP contribution >= 0.6 is 11.3 Å². The molecule has 5 rings (SSSR count). The lowest BCUT2D eigenvalue weighted by Crippen LogP contribution is -2.36. The van der Waals surface area contributed by atoms with E-state index >= 15 is 0 Å². The van der Waals surface area contributed by atoms with Crippen LogP contribution in [0.5, 0.6) is 0 Å². The number of halogens is 1. The van der Waals surface area contributed by atoms with Crippen molar-refractivity contribution in [3.8, 4) is 11.5 Å². The van der Waals surface area contributed by atoms with Crippen molar-refractivity contribution in [2.45, 2.75) is 0 Å². The predicted octanol–water partition coefficient (Wildman–Crippen LogP) is 4.90. The zero-order valence-corrected chi connectivity index (χ0v) is 18.0. The average Bonchev–Trinajstić information content (AvgIpc) is 3.50. The minimum Gasteiger partial charge on any atom is -0.463 e. The lowest BCUT2D eigenvalue weighted by Gasteiger charge is -2.28. The Morgan fingerprint density at radius 1 is 0.969 bits per heavy atom. The van der Waals surface area contributed by atoms with Crippen LogP contribution in [0.4, 0.5) is 15.8 Å². The Balaban J connectivity index is 1.47. The van der Waals surface area contributed by atoms with Crippen molar-refractivity contribution >= 4 is 28.9 Å². The summed E-state index contributed by atoms with van der Waals surface area (Å²) in [5, 5.41) is 6.63. The zero-order chi connectivity index (χ0) is 21.8. The number of nitrogens with zero attached hydrogens (tertiary/aromatic N) is 4. The number of aromatic nitrogens is 1. The molecule has 8 heteroatoms. The lowest BCUT2D eigenvalue weighted by atomic mass is 10.2. The van der Waals surface area contributed by atoms with E-state index in [2.05, 4.69) is 27.1 Å². The number of ether oxygens (including phenoxy) is 1. The molecule has 0 aliphatic carbocycles. The minimum absolute atomic E-state index is 0.294. The Labute approximate surface area is 188 Å². The Bertz CT molecular complexity index is 1250. The van der Waals surface area contributed by atoms with Gasteiger partial charge in [0.25, 0.3) is 0 Å². The van der Waals surface area contributed by atoms with Crippen molar-refractivity contribution in [3.63, 3.8) is 0 Å². The zero-order valence-electron chi connectivity index (χ0n) is 17.2. The van der Waals surface area contributed by atoms with Crippen molar-refractivity contribution in [2.24, 2.45) is 10.1 Å². The highest BCUT2D eigenvalue weighted by molar-refractivity contribution is 7.07. The van der Waals surface area contributed by atoms with Crippen LogP contribution in [0.15, 0.2) is 86.8 Å². The Hall–Kier alpha value is -3.49. The van der Waals surface area contributed by atoms with Crippen LogP contribution in [-0.2, 0) is 4.74 Å². The number of thiazole rings is 1. The number of benzene rings is 2. The summed E-state index contributed by atoms with van der Waals surface area (Å²) in [5.41, 5.74) is 3.59. The van der Waals surface area contributed by atoms with E-state index in [0.29, 0.717) is 16.2 Å². The fourth-order valence-corrected chi connectivity index (χ4v) is 4.26. The van der Waals surface area contributed by atoms with E-state index in [9.17, 15) is 4.39 Å². The summed E-state index contributed by atoms with van der Waals surface area (Å²) in [5.74, 6) is 0.402. The second-order valence-corrected chi connectivity index (χ2v) is 8.05. The molecule has 32 heavy (non-hydrogen) atoms. The van der Waals surface area contributed by atoms with Gasteiger partial charge >= 0.3 is 0 Å². The van der Waals surface area contributed by atoms with Gasteiger partial charge in [-0.05, 0) is 54.1 Å². The van der Waals surface area contributed by atoms with Gasteiger partial charge in [-0.25, -0.2) is 14.1 Å². The molecule has 0 N–H and O–H groups in total. The van der Waals surface area contributed by atoms with Crippen LogP contribution < -0.4 is 9.70 Å². The number of rotatable bonds is 5. The Kier molecular flexibility index (Phi) is 5.96. The van der Waals surface area contributed by atoms with Gasteiger partial charge in [-0.15, -0.1) is 11.3 Å². The first-order valence-electron chi connectivity index (χ1n) is 10.3. The highest BCUT2D eigenvalue weighted by Crippen LogP contribution is 2.22. The minimum atomic E-state index is -0.294. The molecule has 0 bridgehead atoms. The first kappa shape index (κ1) is 20.4. The van der Waals surface area contributed by atoms with Gasteiger partial charge in [0.15, 0.2) is 5.76 Å². The smallest absolute Gasteiger partial charge is 0.211 e. The van der Waals surface area contributed by atoms with E-state index in [0.717, 1.165) is 37.6 Å². The molecule has 1 saturated heterocycles. The van der Waals surface area contributed by atoms with Gasteiger partial charge in [0.2, 0.25) is 4.80 Å². The highest BCUT2D eigenvalue weighted by atomic mass is 32.1. The third-order valence-electron chi connectivity index (χ3n) is 5.10. The van der Waals surface area contributed by atoms with E-state index in [1.54, 1.807) is 29.3 Å². The standard InChI is InChI=1S/C24H21FN4O2S/c25-19-5-7-20(8-6-19)27-24-29(22(17-32-24)23-2-1-13-31-23)26-16-18-3-9-21(10-4-18)28-11-14-30-15-12-28/h1-10,13,16-17H,11-12,14-15H2. The Morgan fingerprint density at radius 2 is 1.75 bits per heavy atom. The van der Waals surface area contributed by atoms with Crippen LogP contribution in [0.2, 0.25) is 0 Å². The van der Waals surface area contributed by atoms with E-state index in [1.165, 1.54) is 29.2 Å². The number of anilines is 1. The third kappa shape index (κ3) is 4.56. The maximum absolute atomic E-state index is 13.3. The van der Waals surface area contributed by atoms with E-state index in [1.807, 2.05) is 29.6 Å². The summed E-state index contributed by atoms with van der Waals surface area (Å²) in [6.07, 6.45) is 3.42. The molecule has 1 aliphatic rings. The van der Waals surface area contributed by atoms with Crippen LogP contribution in [-0.4, -0.2) is 37.2 Å². The fraction of sp³-hybridized carbons (Fsp3) is 0.167. The van der Waals surface area contributed by atoms with Crippen molar-refractivity contribution in [1.29, 1.82) is 0 Å². The maximum Gasteiger partial charge on any atom is 0.211 e. The first-order chi connectivity index (χ1) is 15.8. The Morgan fingerprint density at radius 3 is 2.47 bits per heavy atom. The molecule has 3 heterocycles. The molecule has 162 valence electrons. The molecular formula is C24H21FN4O2S. The van der Waals surface area contributed by atoms with Crippen LogP contribution in [0.25, 0.3) is 11.5 Å². The maximum atomic E-state index is 13.3. The van der Waals surface area contributed by atoms with Crippen LogP contribution in [0.3, 0.4) is 0 Å². The number of hydrogen-bond donors (Lipinski definition) is 0. The van der Waals surface area contributed by atoms with Gasteiger partial charge < -0.3 is 14.1 Å². The monoisotopic (exact) mass is 448 g/mol. The second kappa shape index (κ2) is 9.33. The molecule has 0 radical (unpaired) electrons. The number of morpholine rings is 1. The van der Waals surface area contributed by atoms with Gasteiger partial charge in [-0.2, -0.15) is 5.10 Å². The van der Waals surface area contributed by atoms with Crippen LogP contribution in [0, 0.1) is 5.82 Å². The van der Waals surface area contributed by atoms with Gasteiger partial charge in [0.05, 0.1) is 31.4 Å². The first-order valence-corrected chi connectivity index (χ1v) is 11.2. The van der Waals surface area contributed by atoms with Crippen molar-refractivity contribution in [3.05, 3.63) is 88.5 Å². The molecule has 0 atom stereocenters. The summed E-state index contributed by atoms with van der Waals surface area (Å²) in [6.45, 7) is 3.32. The molecule has 1 aliphatic heterocycles. The predicted molar refractivity (Wildman–Crippen MR) is 124 cm³/mol. The van der Waals surface area contributed by atoms with E-state index < -0.39 is 0 Å². The molecule has 0 spiro atoms. The molecule has 0 unspecified atom stereocenters. The lowest BCUT2D eigenvalue weighted by molar-refractivity contribution is 0.122. The molecule has 0 amide bonds. The van der Waals surface area contributed by atoms with Gasteiger partial charge in [0.1, 0.15) is 11.5 Å². The quantitative estimate of drug-likeness (QED) is 0.408. The molecule has 2 aromatic carbocycles. The van der Waals surface area contributed by atoms with Gasteiger partial charge in [-0.1, -0.05) is 12.1 Å². The molecule has 6 nitrogen and oxygen atoms in total. The van der Waals surface area contributed by atoms with Gasteiger partial charge in [-0.3, -0.25) is 0 Å². The van der Waals surface area contributed by atoms with Crippen molar-refractivity contribution < 1.29 is 13.5 Å². The molecule has 0 saturated carbocycles. The molecule has 4 aromatic rings. The normalized spacial score (nSPS) is 15.0. The topological polar surface area (TPSA) is 55.3 Å². The summed E-state index contributed by atoms with van der Waals surface area (Å²) in [7, 11) is 0. The SMILES string of the molecule is Fc1ccc(N=c2scc(-c3ccco3)n2N=Cc2ccc(N3CCOCC3)cc2)cc1. The number of hydrogen-bond acceptors (Lipinski definition) is 6. The highest BCUT2D eigenvalue weighted by Gasteiger charge is 2.12. The summed E-state index contributed by atoms with van der Waals surface area (Å²) in [4.78, 5) is 7.61. The number of furan rings is 1. The fourth-order valence-electron chi connectivity index (χ4n) is 3.43. The van der Waals surface area contributed by atoms with Crippen molar-refractivity contribution in [1.82, 2.24) is 4.68 Å². The van der Waals surface area contributed by atoms with Crippen LogP contribution in [0.1, 0.15) is 5.56 Å². The molecule has 1 fully saturated rings. The summed E-state index contributed by atoms with van der Waals surface area (Å²) < 4.78 is 26.0. The second-order valence-electron chi connectivity index (χ2n) is 7.22. The molecular weight excluding hydrogens is 427 g/mol. The van der Waals surface area contributed by atoms with E-state index in [-0.39, 0.29) is 5.82 Å². The largest absolute Gasteiger partial charge is 0.463 e. The van der Waals surface area contributed by atoms with Gasteiger partial charge in [0, 0.05) is 24.2 Å². The van der Waals surface area contributed by atoms with E-state index in [4.69, 9.17) is 9.15 Å². The average molecular weight is 449 g/mol.